The van der Waals surface area contributed by atoms with Crippen LogP contribution in [0.5, 0.6) is 0 Å². The molecule has 2 atom stereocenters. The summed E-state index contributed by atoms with van der Waals surface area (Å²) in [5.41, 5.74) is -1.61. The first-order valence-corrected chi connectivity index (χ1v) is 10.6. The van der Waals surface area contributed by atoms with Gasteiger partial charge in [-0.25, -0.2) is 4.79 Å². The van der Waals surface area contributed by atoms with E-state index in [0.717, 1.165) is 6.92 Å². The number of carbonyl (C=O) groups excluding carboxylic acids is 2. The van der Waals surface area contributed by atoms with Crippen molar-refractivity contribution in [3.8, 4) is 0 Å². The second kappa shape index (κ2) is 9.94. The van der Waals surface area contributed by atoms with Gasteiger partial charge in [0.2, 0.25) is 0 Å². The molecule has 0 saturated carbocycles. The van der Waals surface area contributed by atoms with Crippen LogP contribution < -0.4 is 0 Å². The van der Waals surface area contributed by atoms with Crippen LogP contribution in [0.2, 0.25) is 0 Å². The third-order valence-electron chi connectivity index (χ3n) is 4.55. The van der Waals surface area contributed by atoms with Crippen LogP contribution in [0.25, 0.3) is 0 Å². The third-order valence-corrected chi connectivity index (χ3v) is 5.42. The summed E-state index contributed by atoms with van der Waals surface area (Å²) < 4.78 is 111. The van der Waals surface area contributed by atoms with E-state index in [4.69, 9.17) is 4.55 Å². The van der Waals surface area contributed by atoms with Gasteiger partial charge in [-0.05, 0) is 32.1 Å². The van der Waals surface area contributed by atoms with E-state index < -0.39 is 63.8 Å². The molecule has 0 amide bonds. The minimum Gasteiger partial charge on any atom is -0.461 e. The highest BCUT2D eigenvalue weighted by atomic mass is 32.2. The number of alkyl halides is 5. The smallest absolute Gasteiger partial charge is 0.461 e. The Kier molecular flexibility index (Phi) is 9.45. The molecule has 0 aliphatic rings. The molecule has 31 heavy (non-hydrogen) atoms. The molecule has 0 bridgehead atoms. The van der Waals surface area contributed by atoms with Crippen molar-refractivity contribution in [3.05, 3.63) is 0 Å². The first-order chi connectivity index (χ1) is 13.7. The predicted octanol–water partition coefficient (Wildman–Crippen LogP) is 3.56. The zero-order valence-electron chi connectivity index (χ0n) is 17.9. The molecule has 0 aromatic rings. The van der Waals surface area contributed by atoms with Crippen LogP contribution in [0.1, 0.15) is 48.0 Å². The molecule has 0 aliphatic heterocycles. The van der Waals surface area contributed by atoms with E-state index in [2.05, 4.69) is 14.2 Å². The molecule has 0 aromatic heterocycles. The second-order valence-corrected chi connectivity index (χ2v) is 9.34. The van der Waals surface area contributed by atoms with E-state index in [1.807, 2.05) is 0 Å². The first-order valence-electron chi connectivity index (χ1n) is 9.14. The molecule has 0 aromatic carbocycles. The standard InChI is InChI=1S/C17H27F5O8S/c1-7-28-13(24)16(17(20,21)22,29-9-15(18,19)31(25,26)27)30-12(23)14(6,11(4)5)8-10(2)3/h10-11H,7-9H2,1-6H3,(H,25,26,27). The fraction of sp³-hybridized carbons (Fsp3) is 0.882. The van der Waals surface area contributed by atoms with Crippen molar-refractivity contribution in [1.29, 1.82) is 0 Å². The maximum atomic E-state index is 13.9. The maximum absolute atomic E-state index is 13.9. The van der Waals surface area contributed by atoms with Crippen LogP contribution in [0.3, 0.4) is 0 Å². The topological polar surface area (TPSA) is 116 Å². The van der Waals surface area contributed by atoms with Gasteiger partial charge in [-0.3, -0.25) is 9.35 Å². The molecule has 8 nitrogen and oxygen atoms in total. The normalized spacial score (nSPS) is 17.2. The van der Waals surface area contributed by atoms with E-state index >= 15 is 0 Å². The summed E-state index contributed by atoms with van der Waals surface area (Å²) >= 11 is 0. The van der Waals surface area contributed by atoms with Crippen molar-refractivity contribution < 1.29 is 58.7 Å². The Bertz CT molecular complexity index is 750. The SMILES string of the molecule is CCOC(=O)C(OCC(F)(F)S(=O)(=O)O)(OC(=O)C(C)(CC(C)C)C(C)C)C(F)(F)F. The summed E-state index contributed by atoms with van der Waals surface area (Å²) in [4.78, 5) is 24.9. The average Bonchev–Trinajstić information content (AvgIpc) is 2.55. The van der Waals surface area contributed by atoms with E-state index in [-0.39, 0.29) is 12.3 Å². The number of hydrogen-bond donors (Lipinski definition) is 1. The lowest BCUT2D eigenvalue weighted by Crippen LogP contribution is -2.61. The summed E-state index contributed by atoms with van der Waals surface area (Å²) in [6, 6.07) is 0. The largest absolute Gasteiger partial charge is 0.468 e. The molecule has 0 aliphatic carbocycles. The van der Waals surface area contributed by atoms with Crippen molar-refractivity contribution in [3.63, 3.8) is 0 Å². The van der Waals surface area contributed by atoms with Gasteiger partial charge in [0.05, 0.1) is 12.0 Å². The van der Waals surface area contributed by atoms with Crippen molar-refractivity contribution in [2.45, 2.75) is 65.2 Å². The highest BCUT2D eigenvalue weighted by Crippen LogP contribution is 2.42. The Morgan fingerprint density at radius 3 is 1.81 bits per heavy atom. The lowest BCUT2D eigenvalue weighted by atomic mass is 9.73. The highest BCUT2D eigenvalue weighted by Gasteiger charge is 2.70. The van der Waals surface area contributed by atoms with E-state index in [1.54, 1.807) is 13.8 Å². The van der Waals surface area contributed by atoms with Crippen LogP contribution in [0.15, 0.2) is 0 Å². The van der Waals surface area contributed by atoms with Crippen LogP contribution in [-0.4, -0.2) is 55.3 Å². The molecule has 1 N–H and O–H groups in total. The van der Waals surface area contributed by atoms with Gasteiger partial charge in [0.25, 0.3) is 0 Å². The molecular weight excluding hydrogens is 459 g/mol. The molecule has 0 spiro atoms. The van der Waals surface area contributed by atoms with Crippen LogP contribution in [-0.2, 0) is 33.9 Å². The Hall–Kier alpha value is -1.54. The van der Waals surface area contributed by atoms with Crippen LogP contribution in [0.4, 0.5) is 22.0 Å². The monoisotopic (exact) mass is 486 g/mol. The molecule has 0 fully saturated rings. The third kappa shape index (κ3) is 6.72. The Morgan fingerprint density at radius 1 is 1.00 bits per heavy atom. The molecule has 14 heteroatoms. The molecule has 2 unspecified atom stereocenters. The zero-order chi connectivity index (χ0) is 25.1. The average molecular weight is 486 g/mol. The predicted molar refractivity (Wildman–Crippen MR) is 96.4 cm³/mol. The zero-order valence-corrected chi connectivity index (χ0v) is 18.7. The number of ether oxygens (including phenoxy) is 3. The Morgan fingerprint density at radius 2 is 1.48 bits per heavy atom. The lowest BCUT2D eigenvalue weighted by Gasteiger charge is -2.38. The molecular formula is C17H27F5O8S. The second-order valence-electron chi connectivity index (χ2n) is 7.80. The van der Waals surface area contributed by atoms with Gasteiger partial charge in [0, 0.05) is 0 Å². The summed E-state index contributed by atoms with van der Waals surface area (Å²) in [6.45, 7) is 5.34. The van der Waals surface area contributed by atoms with Crippen LogP contribution in [0, 0.1) is 17.3 Å². The Labute approximate surface area is 177 Å². The molecule has 0 heterocycles. The molecule has 0 radical (unpaired) electrons. The van der Waals surface area contributed by atoms with Gasteiger partial charge in [0.15, 0.2) is 0 Å². The number of hydrogen-bond acceptors (Lipinski definition) is 7. The van der Waals surface area contributed by atoms with E-state index in [9.17, 15) is 40.0 Å². The van der Waals surface area contributed by atoms with Crippen molar-refractivity contribution in [2.24, 2.45) is 17.3 Å². The van der Waals surface area contributed by atoms with E-state index in [0.29, 0.717) is 0 Å². The number of rotatable bonds is 11. The molecule has 0 rings (SSSR count). The van der Waals surface area contributed by atoms with Crippen LogP contribution >= 0.6 is 0 Å². The summed E-state index contributed by atoms with van der Waals surface area (Å²) in [6.07, 6.45) is -5.94. The number of halogens is 5. The lowest BCUT2D eigenvalue weighted by molar-refractivity contribution is -0.363. The van der Waals surface area contributed by atoms with Crippen molar-refractivity contribution in [2.75, 3.05) is 13.2 Å². The fourth-order valence-electron chi connectivity index (χ4n) is 2.52. The molecule has 0 saturated heterocycles. The quantitative estimate of drug-likeness (QED) is 0.204. The summed E-state index contributed by atoms with van der Waals surface area (Å²) in [5, 5.41) is -5.25. The Balaban J connectivity index is 6.48. The van der Waals surface area contributed by atoms with Gasteiger partial charge in [0.1, 0.15) is 6.61 Å². The van der Waals surface area contributed by atoms with Gasteiger partial charge in [-0.15, -0.1) is 0 Å². The minimum absolute atomic E-state index is 0.00143. The van der Waals surface area contributed by atoms with Gasteiger partial charge in [-0.1, -0.05) is 27.7 Å². The minimum atomic E-state index is -6.21. The molecule has 184 valence electrons. The van der Waals surface area contributed by atoms with Crippen molar-refractivity contribution in [1.82, 2.24) is 0 Å². The van der Waals surface area contributed by atoms with Gasteiger partial charge < -0.3 is 14.2 Å². The number of esters is 2. The van der Waals surface area contributed by atoms with Gasteiger partial charge in [-0.2, -0.15) is 30.4 Å². The van der Waals surface area contributed by atoms with E-state index in [1.165, 1.54) is 20.8 Å². The fourth-order valence-corrected chi connectivity index (χ4v) is 2.73. The highest BCUT2D eigenvalue weighted by molar-refractivity contribution is 7.86. The summed E-state index contributed by atoms with van der Waals surface area (Å²) in [7, 11) is -6.21. The summed E-state index contributed by atoms with van der Waals surface area (Å²) in [5.74, 6) is -9.52. The number of carbonyl (C=O) groups is 2. The van der Waals surface area contributed by atoms with Crippen molar-refractivity contribution >= 4 is 22.1 Å². The maximum Gasteiger partial charge on any atom is 0.468 e. The van der Waals surface area contributed by atoms with Gasteiger partial charge >= 0.3 is 39.3 Å². The first kappa shape index (κ1) is 29.5.